The molecule has 1 aliphatic rings. The van der Waals surface area contributed by atoms with Crippen LogP contribution in [-0.2, 0) is 6.18 Å². The van der Waals surface area contributed by atoms with Gasteiger partial charge in [0.2, 0.25) is 0 Å². The van der Waals surface area contributed by atoms with Crippen molar-refractivity contribution in [3.8, 4) is 0 Å². The van der Waals surface area contributed by atoms with Crippen LogP contribution >= 0.6 is 0 Å². The smallest absolute Gasteiger partial charge is 0.382 e. The van der Waals surface area contributed by atoms with Gasteiger partial charge in [-0.2, -0.15) is 13.2 Å². The van der Waals surface area contributed by atoms with Gasteiger partial charge in [0.25, 0.3) is 5.69 Å². The summed E-state index contributed by atoms with van der Waals surface area (Å²) in [6.07, 6.45) is -1.52. The van der Waals surface area contributed by atoms with E-state index in [2.05, 4.69) is 15.2 Å². The summed E-state index contributed by atoms with van der Waals surface area (Å²) in [5.41, 5.74) is -0.860. The van der Waals surface area contributed by atoms with Gasteiger partial charge < -0.3 is 10.2 Å². The standard InChI is InChI=1S/C18H19F3N4O2/c1-12-2-5-17(22-11-12)24-8-6-13(7-9-24)23-14-3-4-16(25(26)27)15(10-14)18(19,20)21/h2-5,10-11,13,23H,6-9H2,1H3. The van der Waals surface area contributed by atoms with Gasteiger partial charge in [-0.05, 0) is 43.5 Å². The maximum atomic E-state index is 13.1. The Hall–Kier alpha value is -2.84. The highest BCUT2D eigenvalue weighted by molar-refractivity contribution is 5.55. The number of nitro benzene ring substituents is 1. The highest BCUT2D eigenvalue weighted by atomic mass is 19.4. The molecule has 1 aliphatic heterocycles. The lowest BCUT2D eigenvalue weighted by Gasteiger charge is -2.33. The van der Waals surface area contributed by atoms with Crippen LogP contribution in [0.15, 0.2) is 36.5 Å². The van der Waals surface area contributed by atoms with Gasteiger partial charge in [-0.1, -0.05) is 6.07 Å². The Kier molecular flexibility index (Phi) is 5.20. The lowest BCUT2D eigenvalue weighted by molar-refractivity contribution is -0.388. The molecule has 1 saturated heterocycles. The molecule has 3 rings (SSSR count). The molecule has 1 aromatic carbocycles. The number of piperidine rings is 1. The number of nitrogens with zero attached hydrogens (tertiary/aromatic N) is 3. The zero-order chi connectivity index (χ0) is 19.6. The fourth-order valence-electron chi connectivity index (χ4n) is 3.15. The van der Waals surface area contributed by atoms with Gasteiger partial charge >= 0.3 is 6.18 Å². The molecule has 27 heavy (non-hydrogen) atoms. The normalized spacial score (nSPS) is 15.6. The summed E-state index contributed by atoms with van der Waals surface area (Å²) in [6, 6.07) is 6.97. The zero-order valence-electron chi connectivity index (χ0n) is 14.7. The Labute approximate surface area is 154 Å². The van der Waals surface area contributed by atoms with Crippen LogP contribution in [0.25, 0.3) is 0 Å². The Morgan fingerprint density at radius 3 is 2.48 bits per heavy atom. The summed E-state index contributed by atoms with van der Waals surface area (Å²) >= 11 is 0. The van der Waals surface area contributed by atoms with E-state index in [1.54, 1.807) is 6.20 Å². The van der Waals surface area contributed by atoms with E-state index in [1.807, 2.05) is 19.1 Å². The molecule has 0 unspecified atom stereocenters. The molecule has 1 fully saturated rings. The molecule has 0 aliphatic carbocycles. The minimum atomic E-state index is -4.78. The Balaban J connectivity index is 1.66. The first-order valence-electron chi connectivity index (χ1n) is 8.54. The summed E-state index contributed by atoms with van der Waals surface area (Å²) < 4.78 is 39.3. The van der Waals surface area contributed by atoms with Crippen LogP contribution in [0, 0.1) is 17.0 Å². The lowest BCUT2D eigenvalue weighted by Crippen LogP contribution is -2.39. The minimum absolute atomic E-state index is 0.00534. The van der Waals surface area contributed by atoms with E-state index < -0.39 is 22.4 Å². The lowest BCUT2D eigenvalue weighted by atomic mass is 10.0. The summed E-state index contributed by atoms with van der Waals surface area (Å²) in [5, 5.41) is 13.9. The number of anilines is 2. The second kappa shape index (κ2) is 7.42. The number of benzene rings is 1. The summed E-state index contributed by atoms with van der Waals surface area (Å²) in [6.45, 7) is 3.42. The fourth-order valence-corrected chi connectivity index (χ4v) is 3.15. The van der Waals surface area contributed by atoms with Crippen molar-refractivity contribution in [3.05, 3.63) is 57.8 Å². The molecule has 0 spiro atoms. The average molecular weight is 380 g/mol. The van der Waals surface area contributed by atoms with Gasteiger partial charge in [-0.3, -0.25) is 10.1 Å². The van der Waals surface area contributed by atoms with Crippen LogP contribution in [0.4, 0.5) is 30.4 Å². The third-order valence-electron chi connectivity index (χ3n) is 4.58. The monoisotopic (exact) mass is 380 g/mol. The number of hydrogen-bond acceptors (Lipinski definition) is 5. The number of hydrogen-bond donors (Lipinski definition) is 1. The fraction of sp³-hybridized carbons (Fsp3) is 0.389. The second-order valence-electron chi connectivity index (χ2n) is 6.59. The first-order valence-corrected chi connectivity index (χ1v) is 8.54. The molecule has 0 atom stereocenters. The van der Waals surface area contributed by atoms with Gasteiger partial charge in [0, 0.05) is 37.1 Å². The van der Waals surface area contributed by atoms with Gasteiger partial charge in [-0.25, -0.2) is 4.98 Å². The number of halogens is 3. The SMILES string of the molecule is Cc1ccc(N2CCC(Nc3ccc([N+](=O)[O-])c(C(F)(F)F)c3)CC2)nc1. The van der Waals surface area contributed by atoms with Gasteiger partial charge in [-0.15, -0.1) is 0 Å². The molecule has 2 aromatic rings. The predicted molar refractivity (Wildman–Crippen MR) is 95.9 cm³/mol. The highest BCUT2D eigenvalue weighted by Crippen LogP contribution is 2.37. The van der Waals surface area contributed by atoms with Crippen molar-refractivity contribution in [2.75, 3.05) is 23.3 Å². The minimum Gasteiger partial charge on any atom is -0.382 e. The van der Waals surface area contributed by atoms with Crippen LogP contribution in [0.1, 0.15) is 24.0 Å². The Morgan fingerprint density at radius 1 is 1.22 bits per heavy atom. The largest absolute Gasteiger partial charge is 0.423 e. The van der Waals surface area contributed by atoms with Crippen LogP contribution < -0.4 is 10.2 Å². The van der Waals surface area contributed by atoms with Crippen molar-refractivity contribution < 1.29 is 18.1 Å². The van der Waals surface area contributed by atoms with Crippen molar-refractivity contribution >= 4 is 17.2 Å². The number of nitrogens with one attached hydrogen (secondary N) is 1. The average Bonchev–Trinajstić information content (AvgIpc) is 2.62. The first-order chi connectivity index (χ1) is 12.7. The molecule has 0 radical (unpaired) electrons. The zero-order valence-corrected chi connectivity index (χ0v) is 14.7. The van der Waals surface area contributed by atoms with E-state index in [0.29, 0.717) is 0 Å². The molecule has 1 N–H and O–H groups in total. The molecule has 6 nitrogen and oxygen atoms in total. The van der Waals surface area contributed by atoms with E-state index in [9.17, 15) is 23.3 Å². The molecule has 0 amide bonds. The second-order valence-corrected chi connectivity index (χ2v) is 6.59. The quantitative estimate of drug-likeness (QED) is 0.629. The number of aromatic nitrogens is 1. The summed E-state index contributed by atoms with van der Waals surface area (Å²) in [7, 11) is 0. The summed E-state index contributed by atoms with van der Waals surface area (Å²) in [5.74, 6) is 0.883. The number of rotatable bonds is 4. The maximum absolute atomic E-state index is 13.1. The van der Waals surface area contributed by atoms with Crippen molar-refractivity contribution in [2.45, 2.75) is 32.0 Å². The van der Waals surface area contributed by atoms with Gasteiger partial charge in [0.15, 0.2) is 0 Å². The van der Waals surface area contributed by atoms with E-state index in [4.69, 9.17) is 0 Å². The molecule has 0 saturated carbocycles. The molecule has 0 bridgehead atoms. The highest BCUT2D eigenvalue weighted by Gasteiger charge is 2.38. The van der Waals surface area contributed by atoms with Crippen molar-refractivity contribution in [3.63, 3.8) is 0 Å². The number of pyridine rings is 1. The van der Waals surface area contributed by atoms with Gasteiger partial charge in [0.1, 0.15) is 11.4 Å². The Bertz CT molecular complexity index is 816. The Morgan fingerprint density at radius 2 is 1.93 bits per heavy atom. The molecule has 9 heteroatoms. The van der Waals surface area contributed by atoms with Crippen LogP contribution in [-0.4, -0.2) is 29.0 Å². The van der Waals surface area contributed by atoms with E-state index >= 15 is 0 Å². The third-order valence-corrected chi connectivity index (χ3v) is 4.58. The topological polar surface area (TPSA) is 71.3 Å². The summed E-state index contributed by atoms with van der Waals surface area (Å²) in [4.78, 5) is 16.3. The molecule has 144 valence electrons. The van der Waals surface area contributed by atoms with Crippen molar-refractivity contribution in [1.82, 2.24) is 4.98 Å². The molecule has 2 heterocycles. The number of nitro groups is 1. The maximum Gasteiger partial charge on any atom is 0.423 e. The third kappa shape index (κ3) is 4.47. The molecule has 1 aromatic heterocycles. The van der Waals surface area contributed by atoms with E-state index in [0.717, 1.165) is 49.4 Å². The van der Waals surface area contributed by atoms with Gasteiger partial charge in [0.05, 0.1) is 4.92 Å². The van der Waals surface area contributed by atoms with Crippen molar-refractivity contribution in [2.24, 2.45) is 0 Å². The number of alkyl halides is 3. The number of aryl methyl sites for hydroxylation is 1. The first kappa shape index (κ1) is 18.9. The molecular weight excluding hydrogens is 361 g/mol. The van der Waals surface area contributed by atoms with Crippen LogP contribution in [0.3, 0.4) is 0 Å². The van der Waals surface area contributed by atoms with Crippen LogP contribution in [0.2, 0.25) is 0 Å². The predicted octanol–water partition coefficient (Wildman–Crippen LogP) is 4.40. The van der Waals surface area contributed by atoms with Crippen molar-refractivity contribution in [1.29, 1.82) is 0 Å². The van der Waals surface area contributed by atoms with E-state index in [1.165, 1.54) is 6.07 Å². The van der Waals surface area contributed by atoms with E-state index in [-0.39, 0.29) is 11.7 Å². The molecular formula is C18H19F3N4O2. The van der Waals surface area contributed by atoms with Crippen LogP contribution in [0.5, 0.6) is 0 Å².